The summed E-state index contributed by atoms with van der Waals surface area (Å²) in [5.41, 5.74) is 1.02. The highest BCUT2D eigenvalue weighted by Gasteiger charge is 2.25. The number of benzene rings is 1. The van der Waals surface area contributed by atoms with Crippen LogP contribution in [-0.2, 0) is 11.3 Å². The fraction of sp³-hybridized carbons (Fsp3) is 0.389. The zero-order chi connectivity index (χ0) is 15.4. The van der Waals surface area contributed by atoms with Crippen LogP contribution in [0.4, 0.5) is 0 Å². The Balaban J connectivity index is 1.56. The van der Waals surface area contributed by atoms with Crippen LogP contribution >= 0.6 is 0 Å². The van der Waals surface area contributed by atoms with Gasteiger partial charge in [0.25, 0.3) is 0 Å². The number of nitrogens with one attached hydrogen (secondary N) is 1. The van der Waals surface area contributed by atoms with Gasteiger partial charge in [-0.25, -0.2) is 0 Å². The number of furan rings is 1. The quantitative estimate of drug-likeness (QED) is 0.912. The summed E-state index contributed by atoms with van der Waals surface area (Å²) in [6, 6.07) is 13.7. The highest BCUT2D eigenvalue weighted by molar-refractivity contribution is 5.78. The first-order chi connectivity index (χ1) is 10.7. The van der Waals surface area contributed by atoms with Crippen molar-refractivity contribution in [3.8, 4) is 11.3 Å². The van der Waals surface area contributed by atoms with Gasteiger partial charge >= 0.3 is 0 Å². The largest absolute Gasteiger partial charge is 0.459 e. The molecule has 0 spiro atoms. The molecule has 0 aliphatic heterocycles. The van der Waals surface area contributed by atoms with E-state index in [0.717, 1.165) is 36.3 Å². The summed E-state index contributed by atoms with van der Waals surface area (Å²) >= 11 is 0. The molecule has 4 heteroatoms. The minimum absolute atomic E-state index is 0.0106. The molecule has 1 amide bonds. The number of carbonyl (C=O) groups excluding carboxylic acids is 1. The molecule has 1 aromatic heterocycles. The highest BCUT2D eigenvalue weighted by atomic mass is 16.3. The lowest BCUT2D eigenvalue weighted by Crippen LogP contribution is -2.34. The van der Waals surface area contributed by atoms with Crippen LogP contribution in [0.2, 0.25) is 0 Å². The Kier molecular flexibility index (Phi) is 4.59. The van der Waals surface area contributed by atoms with E-state index in [1.807, 2.05) is 42.5 Å². The summed E-state index contributed by atoms with van der Waals surface area (Å²) in [6.45, 7) is 0.387. The highest BCUT2D eigenvalue weighted by Crippen LogP contribution is 2.25. The lowest BCUT2D eigenvalue weighted by molar-refractivity contribution is -0.127. The lowest BCUT2D eigenvalue weighted by Gasteiger charge is -2.24. The number of hydrogen-bond acceptors (Lipinski definition) is 3. The number of rotatable bonds is 4. The Morgan fingerprint density at radius 3 is 2.77 bits per heavy atom. The molecule has 22 heavy (non-hydrogen) atoms. The molecule has 1 aromatic carbocycles. The van der Waals surface area contributed by atoms with Crippen LogP contribution in [0.15, 0.2) is 46.9 Å². The Hall–Kier alpha value is -2.07. The molecule has 1 fully saturated rings. The van der Waals surface area contributed by atoms with Gasteiger partial charge in [-0.15, -0.1) is 0 Å². The van der Waals surface area contributed by atoms with Gasteiger partial charge in [-0.05, 0) is 31.4 Å². The number of aliphatic hydroxyl groups is 1. The van der Waals surface area contributed by atoms with Gasteiger partial charge < -0.3 is 14.8 Å². The predicted molar refractivity (Wildman–Crippen MR) is 84.0 cm³/mol. The Morgan fingerprint density at radius 1 is 1.18 bits per heavy atom. The van der Waals surface area contributed by atoms with Crippen molar-refractivity contribution in [3.05, 3.63) is 48.2 Å². The molecule has 0 unspecified atom stereocenters. The zero-order valence-corrected chi connectivity index (χ0v) is 12.5. The van der Waals surface area contributed by atoms with Gasteiger partial charge in [0, 0.05) is 11.5 Å². The summed E-state index contributed by atoms with van der Waals surface area (Å²) in [7, 11) is 0. The standard InChI is InChI=1S/C18H21NO3/c20-15-8-4-7-14(11-15)18(21)19-12-16-9-10-17(22-16)13-5-2-1-3-6-13/h1-3,5-6,9-10,14-15,20H,4,7-8,11-12H2,(H,19,21)/t14-,15+/m0/s1. The third-order valence-corrected chi connectivity index (χ3v) is 4.17. The van der Waals surface area contributed by atoms with E-state index in [0.29, 0.717) is 13.0 Å². The lowest BCUT2D eigenvalue weighted by atomic mass is 9.87. The van der Waals surface area contributed by atoms with Crippen LogP contribution < -0.4 is 5.32 Å². The third kappa shape index (κ3) is 3.57. The van der Waals surface area contributed by atoms with E-state index in [-0.39, 0.29) is 17.9 Å². The van der Waals surface area contributed by atoms with E-state index in [4.69, 9.17) is 4.42 Å². The van der Waals surface area contributed by atoms with Crippen LogP contribution in [0.3, 0.4) is 0 Å². The molecule has 1 heterocycles. The van der Waals surface area contributed by atoms with Crippen LogP contribution in [0, 0.1) is 5.92 Å². The number of carbonyl (C=O) groups is 1. The average Bonchev–Trinajstić information content (AvgIpc) is 3.02. The second-order valence-corrected chi connectivity index (χ2v) is 5.87. The maximum atomic E-state index is 12.1. The molecule has 0 saturated heterocycles. The van der Waals surface area contributed by atoms with E-state index >= 15 is 0 Å². The molecular weight excluding hydrogens is 278 g/mol. The molecule has 2 aromatic rings. The summed E-state index contributed by atoms with van der Waals surface area (Å²) in [4.78, 5) is 12.1. The van der Waals surface area contributed by atoms with Gasteiger partial charge in [0.15, 0.2) is 0 Å². The maximum absolute atomic E-state index is 12.1. The van der Waals surface area contributed by atoms with Crippen LogP contribution in [0.25, 0.3) is 11.3 Å². The molecule has 1 aliphatic rings. The van der Waals surface area contributed by atoms with Crippen molar-refractivity contribution in [2.24, 2.45) is 5.92 Å². The van der Waals surface area contributed by atoms with Crippen molar-refractivity contribution in [3.63, 3.8) is 0 Å². The molecule has 2 N–H and O–H groups in total. The summed E-state index contributed by atoms with van der Waals surface area (Å²) in [5.74, 6) is 1.48. The average molecular weight is 299 g/mol. The Morgan fingerprint density at radius 2 is 2.00 bits per heavy atom. The van der Waals surface area contributed by atoms with E-state index in [1.165, 1.54) is 0 Å². The van der Waals surface area contributed by atoms with Crippen molar-refractivity contribution in [2.45, 2.75) is 38.3 Å². The monoisotopic (exact) mass is 299 g/mol. The second-order valence-electron chi connectivity index (χ2n) is 5.87. The molecule has 4 nitrogen and oxygen atoms in total. The molecule has 0 bridgehead atoms. The normalized spacial score (nSPS) is 21.5. The first-order valence-corrected chi connectivity index (χ1v) is 7.82. The first kappa shape index (κ1) is 14.9. The first-order valence-electron chi connectivity index (χ1n) is 7.82. The SMILES string of the molecule is O=C(NCc1ccc(-c2ccccc2)o1)[C@H]1CCC[C@@H](O)C1. The van der Waals surface area contributed by atoms with E-state index in [2.05, 4.69) is 5.32 Å². The fourth-order valence-corrected chi connectivity index (χ4v) is 2.95. The summed E-state index contributed by atoms with van der Waals surface area (Å²) < 4.78 is 5.76. The molecule has 3 rings (SSSR count). The topological polar surface area (TPSA) is 62.5 Å². The van der Waals surface area contributed by atoms with E-state index in [1.54, 1.807) is 0 Å². The van der Waals surface area contributed by atoms with Crippen molar-refractivity contribution in [2.75, 3.05) is 0 Å². The van der Waals surface area contributed by atoms with E-state index < -0.39 is 0 Å². The maximum Gasteiger partial charge on any atom is 0.223 e. The van der Waals surface area contributed by atoms with Crippen molar-refractivity contribution in [1.82, 2.24) is 5.32 Å². The van der Waals surface area contributed by atoms with Gasteiger partial charge in [0.2, 0.25) is 5.91 Å². The molecular formula is C18H21NO3. The molecule has 116 valence electrons. The second kappa shape index (κ2) is 6.79. The van der Waals surface area contributed by atoms with Gasteiger partial charge in [-0.1, -0.05) is 36.8 Å². The van der Waals surface area contributed by atoms with Crippen molar-refractivity contribution >= 4 is 5.91 Å². The van der Waals surface area contributed by atoms with Crippen LogP contribution in [0.5, 0.6) is 0 Å². The molecule has 0 radical (unpaired) electrons. The van der Waals surface area contributed by atoms with Crippen LogP contribution in [-0.4, -0.2) is 17.1 Å². The third-order valence-electron chi connectivity index (χ3n) is 4.17. The smallest absolute Gasteiger partial charge is 0.223 e. The molecule has 1 aliphatic carbocycles. The zero-order valence-electron chi connectivity index (χ0n) is 12.5. The predicted octanol–water partition coefficient (Wildman–Crippen LogP) is 3.11. The number of aliphatic hydroxyl groups excluding tert-OH is 1. The van der Waals surface area contributed by atoms with Gasteiger partial charge in [0.05, 0.1) is 12.6 Å². The number of amides is 1. The summed E-state index contributed by atoms with van der Waals surface area (Å²) in [6.07, 6.45) is 2.81. The molecule has 1 saturated carbocycles. The van der Waals surface area contributed by atoms with Crippen molar-refractivity contribution < 1.29 is 14.3 Å². The summed E-state index contributed by atoms with van der Waals surface area (Å²) in [5, 5.41) is 12.6. The Bertz CT molecular complexity index is 620. The Labute approximate surface area is 130 Å². The van der Waals surface area contributed by atoms with Gasteiger partial charge in [0.1, 0.15) is 11.5 Å². The molecule has 2 atom stereocenters. The van der Waals surface area contributed by atoms with Gasteiger partial charge in [-0.3, -0.25) is 4.79 Å². The van der Waals surface area contributed by atoms with Crippen molar-refractivity contribution in [1.29, 1.82) is 0 Å². The fourth-order valence-electron chi connectivity index (χ4n) is 2.95. The van der Waals surface area contributed by atoms with Gasteiger partial charge in [-0.2, -0.15) is 0 Å². The van der Waals surface area contributed by atoms with E-state index in [9.17, 15) is 9.90 Å². The minimum Gasteiger partial charge on any atom is -0.459 e. The minimum atomic E-state index is -0.335. The number of hydrogen-bond donors (Lipinski definition) is 2. The van der Waals surface area contributed by atoms with Crippen LogP contribution in [0.1, 0.15) is 31.4 Å².